The van der Waals surface area contributed by atoms with Crippen LogP contribution in [0.5, 0.6) is 0 Å². The third-order valence-electron chi connectivity index (χ3n) is 13.6. The van der Waals surface area contributed by atoms with Crippen molar-refractivity contribution in [2.24, 2.45) is 56.7 Å². The molecule has 5 saturated carbocycles. The summed E-state index contributed by atoms with van der Waals surface area (Å²) in [6.07, 6.45) is 13.9. The van der Waals surface area contributed by atoms with Crippen LogP contribution in [-0.4, -0.2) is 22.9 Å². The zero-order valence-corrected chi connectivity index (χ0v) is 22.6. The number of aliphatic hydroxyl groups is 2. The third kappa shape index (κ3) is 2.98. The second-order valence-electron chi connectivity index (χ2n) is 14.8. The van der Waals surface area contributed by atoms with Crippen LogP contribution in [0, 0.1) is 56.7 Å². The van der Waals surface area contributed by atoms with Gasteiger partial charge in [-0.3, -0.25) is 0 Å². The molecule has 2 spiro atoms. The van der Waals surface area contributed by atoms with Crippen molar-refractivity contribution < 1.29 is 10.2 Å². The van der Waals surface area contributed by atoms with E-state index in [4.69, 9.17) is 0 Å². The Balaban J connectivity index is 1.40. The normalized spacial score (nSPS) is 50.7. The van der Waals surface area contributed by atoms with E-state index in [0.29, 0.717) is 51.9 Å². The van der Waals surface area contributed by atoms with E-state index in [1.807, 2.05) is 0 Å². The Morgan fingerprint density at radius 1 is 0.879 bits per heavy atom. The van der Waals surface area contributed by atoms with E-state index in [9.17, 15) is 10.2 Å². The van der Waals surface area contributed by atoms with Crippen molar-refractivity contribution in [3.8, 4) is 0 Å². The zero-order chi connectivity index (χ0) is 24.0. The van der Waals surface area contributed by atoms with Crippen LogP contribution < -0.4 is 0 Å². The van der Waals surface area contributed by atoms with E-state index in [0.717, 1.165) is 25.2 Å². The molecule has 2 nitrogen and oxygen atoms in total. The molecule has 188 valence electrons. The highest BCUT2D eigenvalue weighted by atomic mass is 16.3. The number of aliphatic hydroxyl groups excluding tert-OH is 2. The predicted octanol–water partition coefficient (Wildman–Crippen LogP) is 7.39. The van der Waals surface area contributed by atoms with E-state index >= 15 is 0 Å². The van der Waals surface area contributed by atoms with Gasteiger partial charge < -0.3 is 10.2 Å². The highest BCUT2D eigenvalue weighted by Gasteiger charge is 2.82. The summed E-state index contributed by atoms with van der Waals surface area (Å²) < 4.78 is 0. The van der Waals surface area contributed by atoms with Gasteiger partial charge in [0.05, 0.1) is 6.10 Å². The molecule has 2 heteroatoms. The molecule has 0 radical (unpaired) electrons. The van der Waals surface area contributed by atoms with Crippen LogP contribution in [0.2, 0.25) is 0 Å². The second kappa shape index (κ2) is 7.58. The maximum Gasteiger partial charge on any atom is 0.0594 e. The molecule has 33 heavy (non-hydrogen) atoms. The van der Waals surface area contributed by atoms with Crippen molar-refractivity contribution in [1.29, 1.82) is 0 Å². The summed E-state index contributed by atoms with van der Waals surface area (Å²) in [6, 6.07) is 0. The molecule has 5 rings (SSSR count). The lowest BCUT2D eigenvalue weighted by atomic mass is 9.41. The van der Waals surface area contributed by atoms with Gasteiger partial charge in [0.1, 0.15) is 0 Å². The van der Waals surface area contributed by atoms with Crippen molar-refractivity contribution >= 4 is 0 Å². The van der Waals surface area contributed by atoms with Gasteiger partial charge in [-0.15, -0.1) is 0 Å². The van der Waals surface area contributed by atoms with E-state index in [-0.39, 0.29) is 11.5 Å². The first kappa shape index (κ1) is 24.4. The Morgan fingerprint density at radius 3 is 2.21 bits per heavy atom. The van der Waals surface area contributed by atoms with Gasteiger partial charge in [0, 0.05) is 6.61 Å². The molecule has 9 atom stereocenters. The fraction of sp³-hybridized carbons (Fsp3) is 0.935. The molecule has 0 aliphatic heterocycles. The standard InChI is InChI=1S/C31H52O2/c1-20(2)21(3)8-9-22(18-32)23-12-14-29(7)25-11-10-24-27(4,5)26(33)13-15-30(24)19-31(25,30)17-16-28(23,29)6/h20,22-26,32-33H,3,8-19H2,1-2,4-7H3/t22-,23+,24-,25-,26-,28+,29-,30+,31-/m0/s1. The molecule has 0 heterocycles. The molecule has 0 aromatic carbocycles. The molecule has 0 aromatic heterocycles. The fourth-order valence-electron chi connectivity index (χ4n) is 11.2. The van der Waals surface area contributed by atoms with Gasteiger partial charge in [0.15, 0.2) is 0 Å². The highest BCUT2D eigenvalue weighted by molar-refractivity contribution is 5.30. The summed E-state index contributed by atoms with van der Waals surface area (Å²) in [5.41, 5.74) is 3.27. The smallest absolute Gasteiger partial charge is 0.0594 e. The number of hydrogen-bond acceptors (Lipinski definition) is 2. The van der Waals surface area contributed by atoms with Gasteiger partial charge >= 0.3 is 0 Å². The summed E-state index contributed by atoms with van der Waals surface area (Å²) in [5.74, 6) is 3.18. The maximum atomic E-state index is 10.9. The lowest BCUT2D eigenvalue weighted by Crippen LogP contribution is -2.57. The fourth-order valence-corrected chi connectivity index (χ4v) is 11.2. The quantitative estimate of drug-likeness (QED) is 0.409. The Kier molecular flexibility index (Phi) is 5.60. The van der Waals surface area contributed by atoms with Gasteiger partial charge in [-0.05, 0) is 127 Å². The van der Waals surface area contributed by atoms with E-state index in [1.54, 1.807) is 0 Å². The van der Waals surface area contributed by atoms with Crippen molar-refractivity contribution in [2.45, 2.75) is 118 Å². The summed E-state index contributed by atoms with van der Waals surface area (Å²) in [4.78, 5) is 0. The summed E-state index contributed by atoms with van der Waals surface area (Å²) in [6.45, 7) is 19.2. The first-order valence-electron chi connectivity index (χ1n) is 14.4. The molecule has 2 N–H and O–H groups in total. The Hall–Kier alpha value is -0.340. The average molecular weight is 457 g/mol. The molecule has 0 amide bonds. The first-order valence-corrected chi connectivity index (χ1v) is 14.4. The van der Waals surface area contributed by atoms with Gasteiger partial charge in [-0.1, -0.05) is 53.7 Å². The van der Waals surface area contributed by atoms with Gasteiger partial charge in [-0.25, -0.2) is 0 Å². The topological polar surface area (TPSA) is 40.5 Å². The van der Waals surface area contributed by atoms with Gasteiger partial charge in [-0.2, -0.15) is 0 Å². The van der Waals surface area contributed by atoms with Crippen molar-refractivity contribution in [1.82, 2.24) is 0 Å². The first-order chi connectivity index (χ1) is 15.4. The van der Waals surface area contributed by atoms with Gasteiger partial charge in [0.25, 0.3) is 0 Å². The summed E-state index contributed by atoms with van der Waals surface area (Å²) >= 11 is 0. The van der Waals surface area contributed by atoms with Crippen LogP contribution in [0.1, 0.15) is 112 Å². The molecular weight excluding hydrogens is 404 g/mol. The van der Waals surface area contributed by atoms with Crippen molar-refractivity contribution in [2.75, 3.05) is 6.61 Å². The van der Waals surface area contributed by atoms with Crippen LogP contribution in [0.3, 0.4) is 0 Å². The van der Waals surface area contributed by atoms with Gasteiger partial charge in [0.2, 0.25) is 0 Å². The molecule has 5 aliphatic rings. The maximum absolute atomic E-state index is 10.9. The Labute approximate surface area is 204 Å². The van der Waals surface area contributed by atoms with Crippen LogP contribution in [0.4, 0.5) is 0 Å². The molecule has 0 unspecified atom stereocenters. The molecule has 0 bridgehead atoms. The predicted molar refractivity (Wildman–Crippen MR) is 137 cm³/mol. The number of hydrogen-bond donors (Lipinski definition) is 2. The summed E-state index contributed by atoms with van der Waals surface area (Å²) in [7, 11) is 0. The highest BCUT2D eigenvalue weighted by Crippen LogP contribution is 2.89. The second-order valence-corrected chi connectivity index (χ2v) is 14.8. The Bertz CT molecular complexity index is 799. The minimum Gasteiger partial charge on any atom is -0.396 e. The number of fused-ring (bicyclic) bond motifs is 2. The van der Waals surface area contributed by atoms with Crippen molar-refractivity contribution in [3.63, 3.8) is 0 Å². The van der Waals surface area contributed by atoms with E-state index in [1.165, 1.54) is 56.9 Å². The van der Waals surface area contributed by atoms with E-state index in [2.05, 4.69) is 48.1 Å². The minimum absolute atomic E-state index is 0.0768. The molecular formula is C31H52O2. The SMILES string of the molecule is C=C(CC[C@@H](CO)[C@H]1CC[C@@]2(C)[C@@H]3CC[C@H]4C(C)(C)[C@@H](O)CC[C@@]45C[C@@]35CC[C@]12C)C(C)C. The van der Waals surface area contributed by atoms with Crippen LogP contribution in [-0.2, 0) is 0 Å². The average Bonchev–Trinajstić information content (AvgIpc) is 3.35. The van der Waals surface area contributed by atoms with Crippen LogP contribution in [0.25, 0.3) is 0 Å². The zero-order valence-electron chi connectivity index (χ0n) is 22.6. The largest absolute Gasteiger partial charge is 0.396 e. The lowest BCUT2D eigenvalue weighted by molar-refractivity contribution is -0.162. The molecule has 0 aromatic rings. The van der Waals surface area contributed by atoms with Crippen molar-refractivity contribution in [3.05, 3.63) is 12.2 Å². The molecule has 0 saturated heterocycles. The summed E-state index contributed by atoms with van der Waals surface area (Å²) in [5, 5.41) is 21.4. The Morgan fingerprint density at radius 2 is 1.55 bits per heavy atom. The monoisotopic (exact) mass is 456 g/mol. The molecule has 5 fully saturated rings. The number of rotatable bonds is 6. The van der Waals surface area contributed by atoms with E-state index < -0.39 is 0 Å². The van der Waals surface area contributed by atoms with Crippen LogP contribution in [0.15, 0.2) is 12.2 Å². The minimum atomic E-state index is -0.117. The molecule has 5 aliphatic carbocycles. The number of allylic oxidation sites excluding steroid dienone is 1. The lowest BCUT2D eigenvalue weighted by Gasteiger charge is -2.63. The third-order valence-corrected chi connectivity index (χ3v) is 13.6. The van der Waals surface area contributed by atoms with Crippen LogP contribution >= 0.6 is 0 Å².